The first-order valence-corrected chi connectivity index (χ1v) is 16.4. The summed E-state index contributed by atoms with van der Waals surface area (Å²) in [5.41, 5.74) is 4.93. The maximum absolute atomic E-state index is 6.03. The maximum atomic E-state index is 6.03. The number of aromatic nitrogens is 1. The van der Waals surface area contributed by atoms with Crippen LogP contribution in [0.5, 0.6) is 23.0 Å². The molecule has 0 N–H and O–H groups in total. The number of unbranched alkanes of at least 4 members (excludes halogenated alkanes) is 6. The van der Waals surface area contributed by atoms with Gasteiger partial charge in [0.2, 0.25) is 0 Å². The second-order valence-corrected chi connectivity index (χ2v) is 12.4. The summed E-state index contributed by atoms with van der Waals surface area (Å²) in [6.07, 6.45) is 9.16. The van der Waals surface area contributed by atoms with Crippen molar-refractivity contribution in [2.24, 2.45) is 0 Å². The summed E-state index contributed by atoms with van der Waals surface area (Å²) in [6, 6.07) is 13.8. The van der Waals surface area contributed by atoms with Crippen LogP contribution < -0.4 is 18.9 Å². The van der Waals surface area contributed by atoms with Gasteiger partial charge in [0, 0.05) is 39.1 Å². The SMILES string of the molecule is CCCCCCCCCn1c2ccc(-c3scc4c3OCCO4)cc2c2cc(-c3scc4c3OCCO4)ccc21. The first-order chi connectivity index (χ1) is 19.8. The first-order valence-electron chi connectivity index (χ1n) is 14.6. The molecular formula is C33H35NO4S2. The zero-order valence-corrected chi connectivity index (χ0v) is 24.6. The lowest BCUT2D eigenvalue weighted by Crippen LogP contribution is -2.14. The summed E-state index contributed by atoms with van der Waals surface area (Å²) in [6.45, 7) is 5.72. The normalized spacial score (nSPS) is 14.3. The lowest BCUT2D eigenvalue weighted by Gasteiger charge is -2.16. The van der Waals surface area contributed by atoms with E-state index in [0.717, 1.165) is 39.3 Å². The van der Waals surface area contributed by atoms with Crippen molar-refractivity contribution < 1.29 is 18.9 Å². The Morgan fingerprint density at radius 3 is 1.68 bits per heavy atom. The highest BCUT2D eigenvalue weighted by Gasteiger charge is 2.23. The molecule has 5 aromatic rings. The molecule has 0 radical (unpaired) electrons. The molecule has 0 atom stereocenters. The van der Waals surface area contributed by atoms with Gasteiger partial charge in [-0.05, 0) is 41.8 Å². The number of nitrogens with zero attached hydrogens (tertiary/aromatic N) is 1. The van der Waals surface area contributed by atoms with Crippen LogP contribution in [0.4, 0.5) is 0 Å². The summed E-state index contributed by atoms with van der Waals surface area (Å²) >= 11 is 3.39. The van der Waals surface area contributed by atoms with Gasteiger partial charge in [-0.2, -0.15) is 0 Å². The number of fused-ring (bicyclic) bond motifs is 5. The lowest BCUT2D eigenvalue weighted by molar-refractivity contribution is 0.174. The van der Waals surface area contributed by atoms with E-state index < -0.39 is 0 Å². The monoisotopic (exact) mass is 573 g/mol. The third kappa shape index (κ3) is 4.73. The van der Waals surface area contributed by atoms with Crippen LogP contribution in [0.2, 0.25) is 0 Å². The fraction of sp³-hybridized carbons (Fsp3) is 0.394. The molecule has 5 heterocycles. The minimum Gasteiger partial charge on any atom is -0.485 e. The molecule has 2 aromatic carbocycles. The summed E-state index contributed by atoms with van der Waals surface area (Å²) in [5.74, 6) is 3.48. The Morgan fingerprint density at radius 1 is 0.625 bits per heavy atom. The van der Waals surface area contributed by atoms with E-state index in [9.17, 15) is 0 Å². The van der Waals surface area contributed by atoms with E-state index in [1.54, 1.807) is 22.7 Å². The fourth-order valence-electron chi connectivity index (χ4n) is 5.98. The van der Waals surface area contributed by atoms with Crippen molar-refractivity contribution >= 4 is 44.5 Å². The average molecular weight is 574 g/mol. The van der Waals surface area contributed by atoms with Crippen LogP contribution in [0.3, 0.4) is 0 Å². The molecule has 0 saturated carbocycles. The van der Waals surface area contributed by atoms with Crippen LogP contribution in [0.1, 0.15) is 51.9 Å². The predicted molar refractivity (Wildman–Crippen MR) is 166 cm³/mol. The Morgan fingerprint density at radius 2 is 1.12 bits per heavy atom. The number of thiophene rings is 2. The lowest BCUT2D eigenvalue weighted by atomic mass is 10.1. The van der Waals surface area contributed by atoms with E-state index in [0.29, 0.717) is 26.4 Å². The van der Waals surface area contributed by atoms with Crippen molar-refractivity contribution in [2.75, 3.05) is 26.4 Å². The van der Waals surface area contributed by atoms with Crippen molar-refractivity contribution in [2.45, 2.75) is 58.4 Å². The Labute approximate surface area is 243 Å². The van der Waals surface area contributed by atoms with Gasteiger partial charge in [-0.15, -0.1) is 22.7 Å². The van der Waals surface area contributed by atoms with Crippen LogP contribution in [0, 0.1) is 0 Å². The van der Waals surface area contributed by atoms with Crippen molar-refractivity contribution in [1.29, 1.82) is 0 Å². The highest BCUT2D eigenvalue weighted by molar-refractivity contribution is 7.14. The van der Waals surface area contributed by atoms with E-state index in [1.807, 2.05) is 0 Å². The number of ether oxygens (including phenoxy) is 4. The molecule has 0 saturated heterocycles. The summed E-state index contributed by atoms with van der Waals surface area (Å²) < 4.78 is 26.3. The van der Waals surface area contributed by atoms with E-state index in [1.165, 1.54) is 77.9 Å². The van der Waals surface area contributed by atoms with Crippen molar-refractivity contribution in [3.8, 4) is 43.9 Å². The van der Waals surface area contributed by atoms with Gasteiger partial charge in [-0.3, -0.25) is 0 Å². The molecule has 0 amide bonds. The van der Waals surface area contributed by atoms with Crippen LogP contribution in [-0.4, -0.2) is 31.0 Å². The zero-order valence-electron chi connectivity index (χ0n) is 23.0. The molecule has 3 aromatic heterocycles. The molecule has 0 aliphatic carbocycles. The van der Waals surface area contributed by atoms with Crippen LogP contribution >= 0.6 is 22.7 Å². The van der Waals surface area contributed by atoms with Crippen molar-refractivity contribution in [1.82, 2.24) is 4.57 Å². The molecule has 7 rings (SSSR count). The molecule has 0 fully saturated rings. The van der Waals surface area contributed by atoms with Gasteiger partial charge < -0.3 is 23.5 Å². The van der Waals surface area contributed by atoms with Gasteiger partial charge >= 0.3 is 0 Å². The molecule has 2 aliphatic heterocycles. The molecule has 0 bridgehead atoms. The summed E-state index contributed by atoms with van der Waals surface area (Å²) in [4.78, 5) is 2.28. The predicted octanol–water partition coefficient (Wildman–Crippen LogP) is 9.54. The van der Waals surface area contributed by atoms with Gasteiger partial charge in [-0.25, -0.2) is 0 Å². The highest BCUT2D eigenvalue weighted by Crippen LogP contribution is 2.48. The zero-order chi connectivity index (χ0) is 26.9. The molecule has 7 heteroatoms. The largest absolute Gasteiger partial charge is 0.485 e. The second kappa shape index (κ2) is 11.4. The molecule has 208 valence electrons. The van der Waals surface area contributed by atoms with Gasteiger partial charge in [0.25, 0.3) is 0 Å². The Bertz CT molecular complexity index is 1530. The Hall–Kier alpha value is -3.16. The van der Waals surface area contributed by atoms with Crippen LogP contribution in [0.15, 0.2) is 47.2 Å². The van der Waals surface area contributed by atoms with Gasteiger partial charge in [0.05, 0.1) is 9.75 Å². The van der Waals surface area contributed by atoms with E-state index in [2.05, 4.69) is 58.6 Å². The summed E-state index contributed by atoms with van der Waals surface area (Å²) in [5, 5.41) is 6.69. The average Bonchev–Trinajstić information content (AvgIpc) is 3.70. The Kier molecular flexibility index (Phi) is 7.33. The minimum absolute atomic E-state index is 0.594. The smallest absolute Gasteiger partial charge is 0.179 e. The molecule has 5 nitrogen and oxygen atoms in total. The number of hydrogen-bond donors (Lipinski definition) is 0. The van der Waals surface area contributed by atoms with Crippen molar-refractivity contribution in [3.05, 3.63) is 47.2 Å². The molecule has 0 spiro atoms. The number of aryl methyl sites for hydroxylation is 1. The number of benzene rings is 2. The van der Waals surface area contributed by atoms with Gasteiger partial charge in [-0.1, -0.05) is 57.6 Å². The topological polar surface area (TPSA) is 41.9 Å². The number of hydrogen-bond acceptors (Lipinski definition) is 6. The molecule has 40 heavy (non-hydrogen) atoms. The molecule has 0 unspecified atom stereocenters. The highest BCUT2D eigenvalue weighted by atomic mass is 32.1. The fourth-order valence-corrected chi connectivity index (χ4v) is 7.84. The van der Waals surface area contributed by atoms with Crippen LogP contribution in [0.25, 0.3) is 42.7 Å². The second-order valence-electron chi connectivity index (χ2n) is 10.6. The van der Waals surface area contributed by atoms with E-state index >= 15 is 0 Å². The Balaban J connectivity index is 1.28. The van der Waals surface area contributed by atoms with Crippen LogP contribution in [-0.2, 0) is 6.54 Å². The van der Waals surface area contributed by atoms with Gasteiger partial charge in [0.1, 0.15) is 26.4 Å². The number of rotatable bonds is 10. The van der Waals surface area contributed by atoms with E-state index in [4.69, 9.17) is 18.9 Å². The molecular weight excluding hydrogens is 539 g/mol. The van der Waals surface area contributed by atoms with Gasteiger partial charge in [0.15, 0.2) is 23.0 Å². The molecule has 2 aliphatic rings. The standard InChI is InChI=1S/C33H35NO4S2/c1-2-3-4-5-6-7-8-13-34-26-11-9-22(32-30-28(20-39-32)35-14-16-37-30)18-24(26)25-19-23(10-12-27(25)34)33-31-29(21-40-33)36-15-17-38-31/h9-12,18-21H,2-8,13-17H2,1H3. The third-order valence-electron chi connectivity index (χ3n) is 7.98. The minimum atomic E-state index is 0.594. The maximum Gasteiger partial charge on any atom is 0.179 e. The van der Waals surface area contributed by atoms with E-state index in [-0.39, 0.29) is 0 Å². The van der Waals surface area contributed by atoms with Crippen molar-refractivity contribution in [3.63, 3.8) is 0 Å². The first kappa shape index (κ1) is 25.8. The quantitative estimate of drug-likeness (QED) is 0.156. The third-order valence-corrected chi connectivity index (χ3v) is 9.95. The summed E-state index contributed by atoms with van der Waals surface area (Å²) in [7, 11) is 0.